The molecule has 0 radical (unpaired) electrons. The number of carboxylic acid groups (broad SMARTS) is 7. The van der Waals surface area contributed by atoms with Crippen molar-refractivity contribution in [2.45, 2.75) is 43.8 Å². The summed E-state index contributed by atoms with van der Waals surface area (Å²) < 4.78 is 0. The van der Waals surface area contributed by atoms with Crippen molar-refractivity contribution in [3.05, 3.63) is 0 Å². The number of carbonyl (C=O) groups excluding carboxylic acids is 6. The second-order valence-electron chi connectivity index (χ2n) is 5.34. The van der Waals surface area contributed by atoms with Crippen LogP contribution in [0.15, 0.2) is 0 Å². The molecule has 16 nitrogen and oxygen atoms in total. The maximum Gasteiger partial charge on any atom is 2.00 e. The zero-order valence-corrected chi connectivity index (χ0v) is 23.7. The Balaban J connectivity index is -0.0000000880. The molecule has 172 valence electrons. The Labute approximate surface area is 274 Å². The molecule has 0 aliphatic rings. The zero-order chi connectivity index (χ0) is 24.9. The van der Waals surface area contributed by atoms with E-state index < -0.39 is 78.7 Å². The van der Waals surface area contributed by atoms with Crippen LogP contribution in [0.2, 0.25) is 0 Å². The summed E-state index contributed by atoms with van der Waals surface area (Å²) in [5, 5.41) is 85.0. The van der Waals surface area contributed by atoms with Gasteiger partial charge in [-0.2, -0.15) is 0 Å². The van der Waals surface area contributed by atoms with E-state index >= 15 is 0 Å². The molecule has 0 aliphatic heterocycles. The third-order valence-corrected chi connectivity index (χ3v) is 2.53. The van der Waals surface area contributed by atoms with E-state index in [-0.39, 0.29) is 113 Å². The molecule has 0 amide bonds. The maximum absolute atomic E-state index is 10.3. The van der Waals surface area contributed by atoms with Crippen LogP contribution in [0.1, 0.15) is 32.6 Å². The van der Waals surface area contributed by atoms with E-state index in [2.05, 4.69) is 0 Å². The first-order chi connectivity index (χ1) is 13.3. The Morgan fingerprint density at radius 3 is 0.879 bits per heavy atom. The van der Waals surface area contributed by atoms with Crippen LogP contribution < -0.4 is 30.6 Å². The Kier molecular flexibility index (Phi) is 31.5. The molecule has 0 atom stereocenters. The number of carboxylic acids is 7. The van der Waals surface area contributed by atoms with Gasteiger partial charge in [0.25, 0.3) is 0 Å². The number of aliphatic hydroxyl groups is 2. The fraction of sp³-hybridized carbons (Fsp3) is 0.500. The average molecular weight is 558 g/mol. The summed E-state index contributed by atoms with van der Waals surface area (Å²) in [6, 6.07) is 0. The van der Waals surface area contributed by atoms with Gasteiger partial charge in [-0.25, -0.2) is 4.79 Å². The normalized spacial score (nSPS) is 9.30. The van der Waals surface area contributed by atoms with Gasteiger partial charge in [0.15, 0.2) is 5.60 Å². The zero-order valence-electron chi connectivity index (χ0n) is 17.1. The van der Waals surface area contributed by atoms with Crippen molar-refractivity contribution in [1.29, 1.82) is 0 Å². The molecule has 0 spiro atoms. The van der Waals surface area contributed by atoms with Crippen molar-refractivity contribution >= 4 is 155 Å². The standard InChI is InChI=1S/2C6H8O7.C2H4O2.3Ca/c2*7-3(8)1-6(13,5(11)12)2-4(9)10;1-2(3)4;;;/h2*13H,1-2H2,(H,7,8)(H,9,10)(H,11,12);1H3,(H,3,4);;;/q;;;3*+2/p-6. The summed E-state index contributed by atoms with van der Waals surface area (Å²) in [5.41, 5.74) is -5.84. The predicted molar refractivity (Wildman–Crippen MR) is 89.0 cm³/mol. The van der Waals surface area contributed by atoms with Gasteiger partial charge in [-0.3, -0.25) is 0 Å². The fourth-order valence-corrected chi connectivity index (χ4v) is 1.38. The first-order valence-electron chi connectivity index (χ1n) is 7.15. The van der Waals surface area contributed by atoms with Crippen LogP contribution in [0.5, 0.6) is 0 Å². The summed E-state index contributed by atoms with van der Waals surface area (Å²) >= 11 is 0. The first-order valence-corrected chi connectivity index (χ1v) is 7.15. The number of hydrogen-bond donors (Lipinski definition) is 3. The quantitative estimate of drug-likeness (QED) is 0.209. The number of rotatable bonds is 10. The van der Waals surface area contributed by atoms with Crippen molar-refractivity contribution in [3.8, 4) is 0 Å². The maximum atomic E-state index is 10.3. The summed E-state index contributed by atoms with van der Waals surface area (Å²) in [5.74, 6) is -12.7. The first kappa shape index (κ1) is 46.3. The minimum absolute atomic E-state index is 0. The van der Waals surface area contributed by atoms with Gasteiger partial charge >= 0.3 is 119 Å². The fourth-order valence-electron chi connectivity index (χ4n) is 1.38. The van der Waals surface area contributed by atoms with E-state index in [1.165, 1.54) is 0 Å². The van der Waals surface area contributed by atoms with Gasteiger partial charge in [-0.15, -0.1) is 0 Å². The largest absolute Gasteiger partial charge is 2.00 e. The predicted octanol–water partition coefficient (Wildman–Crippen LogP) is -11.6. The van der Waals surface area contributed by atoms with Gasteiger partial charge < -0.3 is 74.7 Å². The van der Waals surface area contributed by atoms with Gasteiger partial charge in [-0.05, 0) is 6.92 Å². The molecule has 0 bridgehead atoms. The second-order valence-corrected chi connectivity index (χ2v) is 5.34. The minimum Gasteiger partial charge on any atom is -0.550 e. The monoisotopic (exact) mass is 558 g/mol. The molecule has 0 aromatic heterocycles. The topological polar surface area (TPSA) is 319 Å². The SMILES string of the molecule is CC(=O)[O-].O=C([O-])CC(O)(CC(=O)[O-])C(=O)O.O=C([O-])CC(O)(CC(=O)[O-])C(=O)[O-].[Ca+2].[Ca+2].[Ca+2]. The molecular formula is C14H14Ca3O16. The van der Waals surface area contributed by atoms with Crippen LogP contribution in [0.25, 0.3) is 0 Å². The second kappa shape index (κ2) is 22.5. The molecule has 0 aromatic rings. The van der Waals surface area contributed by atoms with Crippen molar-refractivity contribution < 1.29 is 79.5 Å². The number of aliphatic carboxylic acids is 7. The van der Waals surface area contributed by atoms with Gasteiger partial charge in [-0.1, -0.05) is 0 Å². The molecule has 0 heterocycles. The van der Waals surface area contributed by atoms with E-state index in [1.807, 2.05) is 0 Å². The molecule has 0 saturated heterocycles. The van der Waals surface area contributed by atoms with Gasteiger partial charge in [0.05, 0.1) is 5.97 Å². The van der Waals surface area contributed by atoms with Crippen LogP contribution in [-0.4, -0.2) is 182 Å². The summed E-state index contributed by atoms with van der Waals surface area (Å²) in [6.45, 7) is 0.972. The Bertz CT molecular complexity index is 604. The van der Waals surface area contributed by atoms with Crippen LogP contribution in [0.4, 0.5) is 0 Å². The molecule has 3 N–H and O–H groups in total. The molecule has 19 heteroatoms. The average Bonchev–Trinajstić information content (AvgIpc) is 2.43. The summed E-state index contributed by atoms with van der Waals surface area (Å²) in [6.07, 6.45) is -5.31. The van der Waals surface area contributed by atoms with E-state index in [4.69, 9.17) is 25.2 Å². The van der Waals surface area contributed by atoms with Crippen LogP contribution in [-0.2, 0) is 33.6 Å². The van der Waals surface area contributed by atoms with Crippen LogP contribution >= 0.6 is 0 Å². The molecule has 0 aromatic carbocycles. The third-order valence-electron chi connectivity index (χ3n) is 2.53. The number of carbonyl (C=O) groups is 7. The summed E-state index contributed by atoms with van der Waals surface area (Å²) in [4.78, 5) is 69.1. The minimum atomic E-state index is -2.97. The van der Waals surface area contributed by atoms with Crippen molar-refractivity contribution in [1.82, 2.24) is 0 Å². The van der Waals surface area contributed by atoms with Gasteiger partial charge in [0, 0.05) is 55.5 Å². The van der Waals surface area contributed by atoms with E-state index in [9.17, 15) is 54.3 Å². The Morgan fingerprint density at radius 1 is 0.576 bits per heavy atom. The molecule has 0 saturated carbocycles. The molecule has 33 heavy (non-hydrogen) atoms. The smallest absolute Gasteiger partial charge is 0.550 e. The molecular weight excluding hydrogens is 544 g/mol. The molecule has 0 unspecified atom stereocenters. The Morgan fingerprint density at radius 2 is 0.758 bits per heavy atom. The summed E-state index contributed by atoms with van der Waals surface area (Å²) in [7, 11) is 0. The number of hydrogen-bond acceptors (Lipinski definition) is 15. The van der Waals surface area contributed by atoms with Gasteiger partial charge in [0.2, 0.25) is 0 Å². The molecule has 0 fully saturated rings. The van der Waals surface area contributed by atoms with Gasteiger partial charge in [0.1, 0.15) is 5.60 Å². The van der Waals surface area contributed by atoms with E-state index in [0.29, 0.717) is 0 Å². The van der Waals surface area contributed by atoms with E-state index in [0.717, 1.165) is 6.92 Å². The van der Waals surface area contributed by atoms with E-state index in [1.54, 1.807) is 0 Å². The van der Waals surface area contributed by atoms with Crippen molar-refractivity contribution in [2.75, 3.05) is 0 Å². The molecule has 0 aliphatic carbocycles. The third kappa shape index (κ3) is 28.1. The Hall–Kier alpha value is -0.0108. The van der Waals surface area contributed by atoms with Crippen LogP contribution in [0, 0.1) is 0 Å². The van der Waals surface area contributed by atoms with Crippen molar-refractivity contribution in [2.24, 2.45) is 0 Å². The van der Waals surface area contributed by atoms with Crippen molar-refractivity contribution in [3.63, 3.8) is 0 Å². The van der Waals surface area contributed by atoms with Crippen LogP contribution in [0.3, 0.4) is 0 Å². The molecule has 0 rings (SSSR count).